The third kappa shape index (κ3) is 3.44. The molecule has 0 spiro atoms. The van der Waals surface area contributed by atoms with Crippen molar-refractivity contribution in [1.82, 2.24) is 15.0 Å². The fourth-order valence-corrected chi connectivity index (χ4v) is 1.88. The maximum Gasteiger partial charge on any atom is 0.138 e. The summed E-state index contributed by atoms with van der Waals surface area (Å²) in [4.78, 5) is 13.2. The zero-order valence-electron chi connectivity index (χ0n) is 12.2. The largest absolute Gasteiger partial charge is 0.492 e. The number of anilines is 1. The standard InChI is InChI=1S/C15H20N4O/c1-4-14-18-13(8-15(19-14)17-5-2)11-7-12(20-6-3)10-16-9-11/h7-10H,4-6H2,1-3H3,(H,17,18,19). The summed E-state index contributed by atoms with van der Waals surface area (Å²) in [5.41, 5.74) is 1.80. The number of hydrogen-bond donors (Lipinski definition) is 1. The van der Waals surface area contributed by atoms with Gasteiger partial charge >= 0.3 is 0 Å². The third-order valence-electron chi connectivity index (χ3n) is 2.77. The van der Waals surface area contributed by atoms with E-state index in [-0.39, 0.29) is 0 Å². The molecule has 2 aromatic heterocycles. The van der Waals surface area contributed by atoms with Gasteiger partial charge in [0.15, 0.2) is 0 Å². The molecule has 0 atom stereocenters. The zero-order valence-corrected chi connectivity index (χ0v) is 12.2. The highest BCUT2D eigenvalue weighted by Gasteiger charge is 2.07. The molecular weight excluding hydrogens is 252 g/mol. The van der Waals surface area contributed by atoms with E-state index in [1.54, 1.807) is 12.4 Å². The van der Waals surface area contributed by atoms with E-state index >= 15 is 0 Å². The molecule has 0 amide bonds. The minimum absolute atomic E-state index is 0.623. The van der Waals surface area contributed by atoms with Gasteiger partial charge in [-0.3, -0.25) is 4.98 Å². The molecule has 0 aliphatic rings. The normalized spacial score (nSPS) is 10.3. The van der Waals surface area contributed by atoms with Crippen LogP contribution in [-0.4, -0.2) is 28.1 Å². The van der Waals surface area contributed by atoms with Gasteiger partial charge in [0, 0.05) is 30.8 Å². The van der Waals surface area contributed by atoms with Crippen LogP contribution in [0.3, 0.4) is 0 Å². The Morgan fingerprint density at radius 2 is 1.95 bits per heavy atom. The summed E-state index contributed by atoms with van der Waals surface area (Å²) in [6, 6.07) is 3.89. The zero-order chi connectivity index (χ0) is 14.4. The van der Waals surface area contributed by atoms with Crippen molar-refractivity contribution in [1.29, 1.82) is 0 Å². The fourth-order valence-electron chi connectivity index (χ4n) is 1.88. The molecule has 20 heavy (non-hydrogen) atoms. The molecule has 5 nitrogen and oxygen atoms in total. The summed E-state index contributed by atoms with van der Waals surface area (Å²) in [7, 11) is 0. The number of aryl methyl sites for hydroxylation is 1. The van der Waals surface area contributed by atoms with Crippen molar-refractivity contribution in [2.75, 3.05) is 18.5 Å². The molecule has 0 aromatic carbocycles. The first-order chi connectivity index (χ1) is 9.76. The highest BCUT2D eigenvalue weighted by atomic mass is 16.5. The monoisotopic (exact) mass is 272 g/mol. The van der Waals surface area contributed by atoms with Crippen LogP contribution >= 0.6 is 0 Å². The molecule has 0 aliphatic carbocycles. The lowest BCUT2D eigenvalue weighted by atomic mass is 10.2. The highest BCUT2D eigenvalue weighted by molar-refractivity contribution is 5.63. The lowest BCUT2D eigenvalue weighted by Crippen LogP contribution is -2.04. The fraction of sp³-hybridized carbons (Fsp3) is 0.400. The van der Waals surface area contributed by atoms with Crippen LogP contribution in [0, 0.1) is 0 Å². The van der Waals surface area contributed by atoms with E-state index < -0.39 is 0 Å². The number of aromatic nitrogens is 3. The van der Waals surface area contributed by atoms with Gasteiger partial charge in [0.2, 0.25) is 0 Å². The van der Waals surface area contributed by atoms with Crippen LogP contribution in [0.25, 0.3) is 11.3 Å². The van der Waals surface area contributed by atoms with E-state index in [4.69, 9.17) is 4.74 Å². The number of hydrogen-bond acceptors (Lipinski definition) is 5. The first-order valence-electron chi connectivity index (χ1n) is 6.96. The lowest BCUT2D eigenvalue weighted by Gasteiger charge is -2.09. The van der Waals surface area contributed by atoms with Crippen molar-refractivity contribution in [3.8, 4) is 17.0 Å². The Kier molecular flexibility index (Phi) is 4.87. The Morgan fingerprint density at radius 1 is 1.10 bits per heavy atom. The van der Waals surface area contributed by atoms with Crippen molar-refractivity contribution in [2.24, 2.45) is 0 Å². The summed E-state index contributed by atoms with van der Waals surface area (Å²) in [6.45, 7) is 7.50. The summed E-state index contributed by atoms with van der Waals surface area (Å²) in [5.74, 6) is 2.42. The molecule has 0 saturated carbocycles. The average Bonchev–Trinajstić information content (AvgIpc) is 2.48. The summed E-state index contributed by atoms with van der Waals surface area (Å²) in [6.07, 6.45) is 4.30. The third-order valence-corrected chi connectivity index (χ3v) is 2.77. The Morgan fingerprint density at radius 3 is 2.65 bits per heavy atom. The van der Waals surface area contributed by atoms with Gasteiger partial charge in [-0.1, -0.05) is 6.92 Å². The minimum atomic E-state index is 0.623. The van der Waals surface area contributed by atoms with Gasteiger partial charge in [-0.15, -0.1) is 0 Å². The second-order valence-corrected chi connectivity index (χ2v) is 4.28. The Balaban J connectivity index is 2.39. The molecule has 0 fully saturated rings. The molecule has 0 unspecified atom stereocenters. The first-order valence-corrected chi connectivity index (χ1v) is 6.96. The van der Waals surface area contributed by atoms with Crippen LogP contribution in [0.5, 0.6) is 5.75 Å². The molecule has 2 rings (SSSR count). The van der Waals surface area contributed by atoms with Crippen LogP contribution in [0.1, 0.15) is 26.6 Å². The van der Waals surface area contributed by atoms with Crippen LogP contribution in [0.15, 0.2) is 24.5 Å². The molecule has 0 radical (unpaired) electrons. The van der Waals surface area contributed by atoms with Gasteiger partial charge in [-0.25, -0.2) is 9.97 Å². The topological polar surface area (TPSA) is 59.9 Å². The van der Waals surface area contributed by atoms with E-state index in [1.165, 1.54) is 0 Å². The second kappa shape index (κ2) is 6.84. The molecule has 1 N–H and O–H groups in total. The van der Waals surface area contributed by atoms with Gasteiger partial charge in [0.05, 0.1) is 18.5 Å². The van der Waals surface area contributed by atoms with E-state index in [0.717, 1.165) is 41.6 Å². The molecule has 5 heteroatoms. The van der Waals surface area contributed by atoms with Gasteiger partial charge in [0.1, 0.15) is 17.4 Å². The Bertz CT molecular complexity index is 572. The predicted molar refractivity (Wildman–Crippen MR) is 80.0 cm³/mol. The summed E-state index contributed by atoms with van der Waals surface area (Å²) < 4.78 is 5.48. The quantitative estimate of drug-likeness (QED) is 0.876. The number of nitrogens with one attached hydrogen (secondary N) is 1. The molecular formula is C15H20N4O. The van der Waals surface area contributed by atoms with Crippen LogP contribution in [0.4, 0.5) is 5.82 Å². The van der Waals surface area contributed by atoms with Gasteiger partial charge in [-0.2, -0.15) is 0 Å². The number of pyridine rings is 1. The maximum absolute atomic E-state index is 5.48. The van der Waals surface area contributed by atoms with Crippen LogP contribution in [0.2, 0.25) is 0 Å². The maximum atomic E-state index is 5.48. The van der Waals surface area contributed by atoms with Crippen molar-refractivity contribution in [3.05, 3.63) is 30.4 Å². The summed E-state index contributed by atoms with van der Waals surface area (Å²) >= 11 is 0. The first kappa shape index (κ1) is 14.2. The van der Waals surface area contributed by atoms with Gasteiger partial charge in [-0.05, 0) is 19.9 Å². The van der Waals surface area contributed by atoms with Crippen molar-refractivity contribution >= 4 is 5.82 Å². The van der Waals surface area contributed by atoms with Crippen LogP contribution in [-0.2, 0) is 6.42 Å². The molecule has 2 heterocycles. The van der Waals surface area contributed by atoms with Crippen molar-refractivity contribution in [3.63, 3.8) is 0 Å². The smallest absolute Gasteiger partial charge is 0.138 e. The SMILES string of the molecule is CCNc1cc(-c2cncc(OCC)c2)nc(CC)n1. The summed E-state index contributed by atoms with van der Waals surface area (Å²) in [5, 5.41) is 3.23. The van der Waals surface area contributed by atoms with Crippen molar-refractivity contribution in [2.45, 2.75) is 27.2 Å². The number of ether oxygens (including phenoxy) is 1. The number of rotatable bonds is 6. The van der Waals surface area contributed by atoms with E-state index in [9.17, 15) is 0 Å². The van der Waals surface area contributed by atoms with Crippen LogP contribution < -0.4 is 10.1 Å². The molecule has 0 aliphatic heterocycles. The van der Waals surface area contributed by atoms with Gasteiger partial charge in [0.25, 0.3) is 0 Å². The highest BCUT2D eigenvalue weighted by Crippen LogP contribution is 2.23. The van der Waals surface area contributed by atoms with E-state index in [1.807, 2.05) is 32.9 Å². The Labute approximate surface area is 119 Å². The molecule has 106 valence electrons. The lowest BCUT2D eigenvalue weighted by molar-refractivity contribution is 0.339. The second-order valence-electron chi connectivity index (χ2n) is 4.28. The molecule has 0 bridgehead atoms. The van der Waals surface area contributed by atoms with E-state index in [0.29, 0.717) is 6.61 Å². The van der Waals surface area contributed by atoms with Crippen molar-refractivity contribution < 1.29 is 4.74 Å². The minimum Gasteiger partial charge on any atom is -0.492 e. The average molecular weight is 272 g/mol. The van der Waals surface area contributed by atoms with Gasteiger partial charge < -0.3 is 10.1 Å². The molecule has 2 aromatic rings. The Hall–Kier alpha value is -2.17. The predicted octanol–water partition coefficient (Wildman–Crippen LogP) is 2.93. The number of nitrogens with zero attached hydrogens (tertiary/aromatic N) is 3. The van der Waals surface area contributed by atoms with E-state index in [2.05, 4.69) is 20.3 Å². The molecule has 0 saturated heterocycles.